The number of hydrogen-bond acceptors (Lipinski definition) is 6. The summed E-state index contributed by atoms with van der Waals surface area (Å²) in [7, 11) is 0. The number of carbonyl (C=O) groups excluding carboxylic acids is 2. The van der Waals surface area contributed by atoms with Crippen molar-refractivity contribution in [2.24, 2.45) is 0 Å². The SMILES string of the molecule is Nc1ncc(-c2cccc(C(=O)N3CCC(O)C3)c2)nc1C(=O)Nc1ccccc1. The van der Waals surface area contributed by atoms with E-state index in [9.17, 15) is 14.7 Å². The number of aliphatic hydroxyl groups excluding tert-OH is 1. The Kier molecular flexibility index (Phi) is 5.40. The van der Waals surface area contributed by atoms with Crippen molar-refractivity contribution < 1.29 is 14.7 Å². The van der Waals surface area contributed by atoms with Gasteiger partial charge >= 0.3 is 0 Å². The Morgan fingerprint density at radius 3 is 2.67 bits per heavy atom. The standard InChI is InChI=1S/C22H21N5O3/c23-20-19(21(29)25-16-7-2-1-3-8-16)26-18(12-24-20)14-5-4-6-15(11-14)22(30)27-10-9-17(28)13-27/h1-8,11-12,17,28H,9-10,13H2,(H2,23,24)(H,25,29). The van der Waals surface area contributed by atoms with Crippen LogP contribution < -0.4 is 11.1 Å². The molecule has 1 atom stereocenters. The fourth-order valence-corrected chi connectivity index (χ4v) is 3.34. The minimum absolute atomic E-state index is 0.00995. The van der Waals surface area contributed by atoms with Gasteiger partial charge in [-0.05, 0) is 30.7 Å². The molecule has 0 saturated carbocycles. The third kappa shape index (κ3) is 4.13. The summed E-state index contributed by atoms with van der Waals surface area (Å²) in [6.45, 7) is 0.851. The first-order chi connectivity index (χ1) is 14.5. The smallest absolute Gasteiger partial charge is 0.278 e. The van der Waals surface area contributed by atoms with Crippen LogP contribution in [0.4, 0.5) is 11.5 Å². The van der Waals surface area contributed by atoms with Crippen LogP contribution in [0.15, 0.2) is 60.8 Å². The van der Waals surface area contributed by atoms with Gasteiger partial charge < -0.3 is 21.1 Å². The summed E-state index contributed by atoms with van der Waals surface area (Å²) >= 11 is 0. The van der Waals surface area contributed by atoms with Crippen LogP contribution in [0.25, 0.3) is 11.3 Å². The van der Waals surface area contributed by atoms with Crippen molar-refractivity contribution >= 4 is 23.3 Å². The second kappa shape index (κ2) is 8.30. The molecule has 1 saturated heterocycles. The summed E-state index contributed by atoms with van der Waals surface area (Å²) in [5, 5.41) is 12.4. The molecular weight excluding hydrogens is 382 g/mol. The number of aliphatic hydroxyl groups is 1. The number of nitrogen functional groups attached to an aromatic ring is 1. The van der Waals surface area contributed by atoms with E-state index in [1.54, 1.807) is 41.3 Å². The summed E-state index contributed by atoms with van der Waals surface area (Å²) < 4.78 is 0. The van der Waals surface area contributed by atoms with E-state index in [-0.39, 0.29) is 17.4 Å². The maximum Gasteiger partial charge on any atom is 0.278 e. The van der Waals surface area contributed by atoms with E-state index in [4.69, 9.17) is 5.73 Å². The van der Waals surface area contributed by atoms with E-state index in [1.165, 1.54) is 6.20 Å². The lowest BCUT2D eigenvalue weighted by atomic mass is 10.1. The van der Waals surface area contributed by atoms with Crippen LogP contribution in [0.5, 0.6) is 0 Å². The quantitative estimate of drug-likeness (QED) is 0.614. The summed E-state index contributed by atoms with van der Waals surface area (Å²) in [4.78, 5) is 35.4. The van der Waals surface area contributed by atoms with Crippen molar-refractivity contribution in [3.8, 4) is 11.3 Å². The molecule has 0 bridgehead atoms. The normalized spacial score (nSPS) is 15.8. The molecule has 1 aliphatic rings. The summed E-state index contributed by atoms with van der Waals surface area (Å²) in [5.41, 5.74) is 8.06. The Labute approximate surface area is 173 Å². The molecule has 2 heterocycles. The fraction of sp³-hybridized carbons (Fsp3) is 0.182. The second-order valence-corrected chi connectivity index (χ2v) is 7.08. The highest BCUT2D eigenvalue weighted by Crippen LogP contribution is 2.22. The molecule has 0 aliphatic carbocycles. The Hall–Kier alpha value is -3.78. The average Bonchev–Trinajstić information content (AvgIpc) is 3.20. The van der Waals surface area contributed by atoms with Gasteiger partial charge in [0.2, 0.25) is 0 Å². The zero-order chi connectivity index (χ0) is 21.1. The van der Waals surface area contributed by atoms with Gasteiger partial charge in [0.15, 0.2) is 11.5 Å². The molecule has 8 heteroatoms. The van der Waals surface area contributed by atoms with Gasteiger partial charge in [-0.1, -0.05) is 30.3 Å². The van der Waals surface area contributed by atoms with Crippen LogP contribution in [-0.4, -0.2) is 51.0 Å². The van der Waals surface area contributed by atoms with Gasteiger partial charge in [0, 0.05) is 29.9 Å². The van der Waals surface area contributed by atoms with Crippen LogP contribution >= 0.6 is 0 Å². The first kappa shape index (κ1) is 19.5. The number of benzene rings is 2. The molecule has 30 heavy (non-hydrogen) atoms. The highest BCUT2D eigenvalue weighted by Gasteiger charge is 2.25. The van der Waals surface area contributed by atoms with Crippen LogP contribution in [0.3, 0.4) is 0 Å². The number of para-hydroxylation sites is 1. The van der Waals surface area contributed by atoms with Crippen molar-refractivity contribution in [3.63, 3.8) is 0 Å². The van der Waals surface area contributed by atoms with Crippen molar-refractivity contribution in [2.75, 3.05) is 24.1 Å². The summed E-state index contributed by atoms with van der Waals surface area (Å²) in [6, 6.07) is 15.9. The number of aromatic nitrogens is 2. The van der Waals surface area contributed by atoms with Crippen LogP contribution in [0, 0.1) is 0 Å². The molecule has 3 aromatic rings. The lowest BCUT2D eigenvalue weighted by molar-refractivity contribution is 0.0765. The van der Waals surface area contributed by atoms with E-state index in [1.807, 2.05) is 18.2 Å². The molecule has 2 aromatic carbocycles. The topological polar surface area (TPSA) is 121 Å². The number of anilines is 2. The highest BCUT2D eigenvalue weighted by molar-refractivity contribution is 6.06. The maximum absolute atomic E-state index is 12.7. The number of likely N-dealkylation sites (tertiary alicyclic amines) is 1. The molecule has 4 N–H and O–H groups in total. The Morgan fingerprint density at radius 2 is 1.93 bits per heavy atom. The first-order valence-electron chi connectivity index (χ1n) is 9.58. The molecule has 0 spiro atoms. The van der Waals surface area contributed by atoms with E-state index >= 15 is 0 Å². The predicted molar refractivity (Wildman–Crippen MR) is 113 cm³/mol. The van der Waals surface area contributed by atoms with Gasteiger partial charge in [0.1, 0.15) is 0 Å². The number of amides is 2. The van der Waals surface area contributed by atoms with Crippen LogP contribution in [0.2, 0.25) is 0 Å². The van der Waals surface area contributed by atoms with E-state index in [0.29, 0.717) is 42.0 Å². The number of hydrogen-bond donors (Lipinski definition) is 3. The number of nitrogens with zero attached hydrogens (tertiary/aromatic N) is 3. The average molecular weight is 403 g/mol. The lowest BCUT2D eigenvalue weighted by Crippen LogP contribution is -2.29. The Morgan fingerprint density at radius 1 is 1.13 bits per heavy atom. The third-order valence-electron chi connectivity index (χ3n) is 4.90. The third-order valence-corrected chi connectivity index (χ3v) is 4.90. The molecular formula is C22H21N5O3. The first-order valence-corrected chi connectivity index (χ1v) is 9.58. The number of β-amino-alcohol motifs (C(OH)–C–C–N with tert-alkyl or cyclic N) is 1. The number of nitrogens with two attached hydrogens (primary N) is 1. The van der Waals surface area contributed by atoms with E-state index in [0.717, 1.165) is 0 Å². The molecule has 1 fully saturated rings. The van der Waals surface area contributed by atoms with E-state index < -0.39 is 12.0 Å². The minimum Gasteiger partial charge on any atom is -0.391 e. The zero-order valence-corrected chi connectivity index (χ0v) is 16.2. The van der Waals surface area contributed by atoms with Crippen molar-refractivity contribution in [2.45, 2.75) is 12.5 Å². The lowest BCUT2D eigenvalue weighted by Gasteiger charge is -2.16. The predicted octanol–water partition coefficient (Wildman–Crippen LogP) is 2.18. The maximum atomic E-state index is 12.7. The molecule has 1 aromatic heterocycles. The molecule has 0 radical (unpaired) electrons. The van der Waals surface area contributed by atoms with Crippen molar-refractivity contribution in [3.05, 3.63) is 72.1 Å². The fourth-order valence-electron chi connectivity index (χ4n) is 3.34. The van der Waals surface area contributed by atoms with Gasteiger partial charge in [-0.2, -0.15) is 0 Å². The van der Waals surface area contributed by atoms with Gasteiger partial charge in [0.25, 0.3) is 11.8 Å². The number of nitrogens with one attached hydrogen (secondary N) is 1. The molecule has 2 amide bonds. The van der Waals surface area contributed by atoms with Gasteiger partial charge in [-0.15, -0.1) is 0 Å². The number of rotatable bonds is 4. The van der Waals surface area contributed by atoms with Gasteiger partial charge in [0.05, 0.1) is 18.0 Å². The van der Waals surface area contributed by atoms with Crippen LogP contribution in [-0.2, 0) is 0 Å². The van der Waals surface area contributed by atoms with Crippen molar-refractivity contribution in [1.29, 1.82) is 0 Å². The zero-order valence-electron chi connectivity index (χ0n) is 16.2. The van der Waals surface area contributed by atoms with Crippen LogP contribution in [0.1, 0.15) is 27.3 Å². The highest BCUT2D eigenvalue weighted by atomic mass is 16.3. The molecule has 1 aliphatic heterocycles. The Bertz CT molecular complexity index is 1090. The van der Waals surface area contributed by atoms with Gasteiger partial charge in [-0.3, -0.25) is 9.59 Å². The number of carbonyl (C=O) groups is 2. The molecule has 1 unspecified atom stereocenters. The summed E-state index contributed by atoms with van der Waals surface area (Å²) in [6.07, 6.45) is 1.57. The summed E-state index contributed by atoms with van der Waals surface area (Å²) in [5.74, 6) is -0.601. The van der Waals surface area contributed by atoms with Gasteiger partial charge in [-0.25, -0.2) is 9.97 Å². The molecule has 152 valence electrons. The van der Waals surface area contributed by atoms with Crippen molar-refractivity contribution in [1.82, 2.24) is 14.9 Å². The minimum atomic E-state index is -0.481. The largest absolute Gasteiger partial charge is 0.391 e. The Balaban J connectivity index is 1.59. The molecule has 8 nitrogen and oxygen atoms in total. The van der Waals surface area contributed by atoms with E-state index in [2.05, 4.69) is 15.3 Å². The second-order valence-electron chi connectivity index (χ2n) is 7.08. The monoisotopic (exact) mass is 403 g/mol. The molecule has 4 rings (SSSR count).